The van der Waals surface area contributed by atoms with Gasteiger partial charge >= 0.3 is 5.97 Å². The third-order valence-corrected chi connectivity index (χ3v) is 3.31. The van der Waals surface area contributed by atoms with Crippen LogP contribution in [0.15, 0.2) is 24.3 Å². The van der Waals surface area contributed by atoms with Crippen LogP contribution in [0.25, 0.3) is 0 Å². The predicted octanol–water partition coefficient (Wildman–Crippen LogP) is 2.02. The lowest BCUT2D eigenvalue weighted by Gasteiger charge is -2.17. The first-order valence-corrected chi connectivity index (χ1v) is 6.11. The van der Waals surface area contributed by atoms with Gasteiger partial charge < -0.3 is 9.84 Å². The van der Waals surface area contributed by atoms with Crippen molar-refractivity contribution in [1.29, 1.82) is 0 Å². The summed E-state index contributed by atoms with van der Waals surface area (Å²) in [4.78, 5) is 23.6. The molecular weight excluding hydrogens is 232 g/mol. The van der Waals surface area contributed by atoms with Crippen LogP contribution in [0.4, 0.5) is 0 Å². The number of esters is 1. The van der Waals surface area contributed by atoms with Crippen molar-refractivity contribution in [2.45, 2.75) is 25.7 Å². The predicted molar refractivity (Wildman–Crippen MR) is 65.2 cm³/mol. The largest absolute Gasteiger partial charge is 0.508 e. The highest BCUT2D eigenvalue weighted by atomic mass is 16.5. The zero-order valence-corrected chi connectivity index (χ0v) is 10.3. The van der Waals surface area contributed by atoms with Crippen molar-refractivity contribution >= 4 is 11.8 Å². The summed E-state index contributed by atoms with van der Waals surface area (Å²) < 4.78 is 4.96. The highest BCUT2D eigenvalue weighted by molar-refractivity contribution is 6.01. The maximum absolute atomic E-state index is 11.8. The standard InChI is InChI=1S/C14H16O4/c1-2-18-14(17)13-11(7-8-12(13)16)9-3-5-10(15)6-4-9/h3-6,11,13,15H,2,7-8H2,1H3/t11-,13-/m1/s1. The number of rotatable bonds is 3. The maximum atomic E-state index is 11.8. The summed E-state index contributed by atoms with van der Waals surface area (Å²) in [6.45, 7) is 2.01. The van der Waals surface area contributed by atoms with Gasteiger partial charge in [-0.25, -0.2) is 0 Å². The topological polar surface area (TPSA) is 63.6 Å². The molecule has 0 aromatic heterocycles. The van der Waals surface area contributed by atoms with Crippen LogP contribution in [0.1, 0.15) is 31.2 Å². The number of Topliss-reactive ketones (excluding diaryl/α,β-unsaturated/α-hetero) is 1. The molecule has 2 atom stereocenters. The molecule has 0 aliphatic heterocycles. The third kappa shape index (κ3) is 2.37. The fourth-order valence-electron chi connectivity index (χ4n) is 2.45. The number of benzene rings is 1. The number of phenols is 1. The van der Waals surface area contributed by atoms with Crippen molar-refractivity contribution in [2.75, 3.05) is 6.61 Å². The van der Waals surface area contributed by atoms with E-state index in [1.165, 1.54) is 0 Å². The van der Waals surface area contributed by atoms with E-state index in [9.17, 15) is 14.7 Å². The summed E-state index contributed by atoms with van der Waals surface area (Å²) in [5.41, 5.74) is 0.900. The minimum absolute atomic E-state index is 0.0495. The molecule has 1 saturated carbocycles. The van der Waals surface area contributed by atoms with E-state index in [0.29, 0.717) is 12.8 Å². The second-order valence-electron chi connectivity index (χ2n) is 4.43. The summed E-state index contributed by atoms with van der Waals surface area (Å²) in [7, 11) is 0. The van der Waals surface area contributed by atoms with E-state index < -0.39 is 11.9 Å². The SMILES string of the molecule is CCOC(=O)[C@H]1C(=O)CC[C@@H]1c1ccc(O)cc1. The molecule has 18 heavy (non-hydrogen) atoms. The zero-order valence-electron chi connectivity index (χ0n) is 10.3. The van der Waals surface area contributed by atoms with Gasteiger partial charge in [0, 0.05) is 12.3 Å². The molecule has 1 N–H and O–H groups in total. The summed E-state index contributed by atoms with van der Waals surface area (Å²) in [6, 6.07) is 6.65. The van der Waals surface area contributed by atoms with Crippen LogP contribution in [-0.2, 0) is 14.3 Å². The molecule has 1 fully saturated rings. The van der Waals surface area contributed by atoms with Crippen molar-refractivity contribution in [3.8, 4) is 5.75 Å². The summed E-state index contributed by atoms with van der Waals surface area (Å²) in [5.74, 6) is -1.12. The molecule has 0 unspecified atom stereocenters. The number of hydrogen-bond donors (Lipinski definition) is 1. The fourth-order valence-corrected chi connectivity index (χ4v) is 2.45. The van der Waals surface area contributed by atoms with E-state index in [4.69, 9.17) is 4.74 Å². The number of ketones is 1. The maximum Gasteiger partial charge on any atom is 0.317 e. The van der Waals surface area contributed by atoms with Crippen LogP contribution in [0, 0.1) is 5.92 Å². The second kappa shape index (κ2) is 5.21. The molecule has 96 valence electrons. The molecule has 0 amide bonds. The average molecular weight is 248 g/mol. The third-order valence-electron chi connectivity index (χ3n) is 3.31. The zero-order chi connectivity index (χ0) is 13.1. The Morgan fingerprint density at radius 1 is 1.39 bits per heavy atom. The highest BCUT2D eigenvalue weighted by Crippen LogP contribution is 2.38. The smallest absolute Gasteiger partial charge is 0.317 e. The minimum Gasteiger partial charge on any atom is -0.508 e. The van der Waals surface area contributed by atoms with E-state index in [2.05, 4.69) is 0 Å². The number of aromatic hydroxyl groups is 1. The molecule has 4 heteroatoms. The van der Waals surface area contributed by atoms with Crippen LogP contribution in [0.5, 0.6) is 5.75 Å². The van der Waals surface area contributed by atoms with Gasteiger partial charge in [0.2, 0.25) is 0 Å². The van der Waals surface area contributed by atoms with E-state index in [-0.39, 0.29) is 24.1 Å². The van der Waals surface area contributed by atoms with E-state index in [1.807, 2.05) is 0 Å². The summed E-state index contributed by atoms with van der Waals surface area (Å²) in [5, 5.41) is 9.25. The summed E-state index contributed by atoms with van der Waals surface area (Å²) >= 11 is 0. The molecule has 1 aliphatic carbocycles. The lowest BCUT2D eigenvalue weighted by Crippen LogP contribution is -2.26. The molecule has 1 aliphatic rings. The Hall–Kier alpha value is -1.84. The lowest BCUT2D eigenvalue weighted by atomic mass is 9.88. The van der Waals surface area contributed by atoms with E-state index >= 15 is 0 Å². The first kappa shape index (κ1) is 12.6. The molecule has 4 nitrogen and oxygen atoms in total. The van der Waals surface area contributed by atoms with Crippen LogP contribution in [0.2, 0.25) is 0 Å². The number of phenolic OH excluding ortho intramolecular Hbond substituents is 1. The van der Waals surface area contributed by atoms with Crippen LogP contribution in [0.3, 0.4) is 0 Å². The van der Waals surface area contributed by atoms with E-state index in [1.54, 1.807) is 31.2 Å². The first-order chi connectivity index (χ1) is 8.63. The molecule has 1 aromatic rings. The molecule has 0 spiro atoms. The normalized spacial score (nSPS) is 23.1. The monoisotopic (exact) mass is 248 g/mol. The quantitative estimate of drug-likeness (QED) is 0.656. The van der Waals surface area contributed by atoms with E-state index in [0.717, 1.165) is 5.56 Å². The Balaban J connectivity index is 2.23. The molecule has 1 aromatic carbocycles. The minimum atomic E-state index is -0.686. The number of carbonyl (C=O) groups excluding carboxylic acids is 2. The van der Waals surface area contributed by atoms with Crippen LogP contribution in [-0.4, -0.2) is 23.5 Å². The van der Waals surface area contributed by atoms with Gasteiger partial charge in [0.1, 0.15) is 17.5 Å². The molecule has 0 saturated heterocycles. The Bertz CT molecular complexity index is 449. The van der Waals surface area contributed by atoms with Gasteiger partial charge in [0.25, 0.3) is 0 Å². The van der Waals surface area contributed by atoms with Gasteiger partial charge in [0.05, 0.1) is 6.61 Å². The highest BCUT2D eigenvalue weighted by Gasteiger charge is 2.41. The van der Waals surface area contributed by atoms with Gasteiger partial charge in [-0.1, -0.05) is 12.1 Å². The molecule has 2 rings (SSSR count). The van der Waals surface area contributed by atoms with Crippen molar-refractivity contribution < 1.29 is 19.4 Å². The number of ether oxygens (including phenoxy) is 1. The van der Waals surface area contributed by atoms with Gasteiger partial charge in [-0.05, 0) is 31.0 Å². The first-order valence-electron chi connectivity index (χ1n) is 6.11. The second-order valence-corrected chi connectivity index (χ2v) is 4.43. The number of carbonyl (C=O) groups is 2. The van der Waals surface area contributed by atoms with Crippen molar-refractivity contribution in [1.82, 2.24) is 0 Å². The molecule has 0 heterocycles. The van der Waals surface area contributed by atoms with Gasteiger partial charge in [-0.15, -0.1) is 0 Å². The Morgan fingerprint density at radius 2 is 2.06 bits per heavy atom. The molecular formula is C14H16O4. The van der Waals surface area contributed by atoms with Crippen LogP contribution < -0.4 is 0 Å². The Labute approximate surface area is 106 Å². The fraction of sp³-hybridized carbons (Fsp3) is 0.429. The van der Waals surface area contributed by atoms with Crippen molar-refractivity contribution in [3.05, 3.63) is 29.8 Å². The molecule has 0 radical (unpaired) electrons. The average Bonchev–Trinajstić information content (AvgIpc) is 2.72. The van der Waals surface area contributed by atoms with Crippen molar-refractivity contribution in [3.63, 3.8) is 0 Å². The van der Waals surface area contributed by atoms with Gasteiger partial charge in [-0.2, -0.15) is 0 Å². The Kier molecular flexibility index (Phi) is 3.65. The summed E-state index contributed by atoms with van der Waals surface area (Å²) in [6.07, 6.45) is 1.07. The molecule has 0 bridgehead atoms. The lowest BCUT2D eigenvalue weighted by molar-refractivity contribution is -0.151. The number of hydrogen-bond acceptors (Lipinski definition) is 4. The van der Waals surface area contributed by atoms with Gasteiger partial charge in [-0.3, -0.25) is 9.59 Å². The van der Waals surface area contributed by atoms with Crippen LogP contribution >= 0.6 is 0 Å². The van der Waals surface area contributed by atoms with Crippen molar-refractivity contribution in [2.24, 2.45) is 5.92 Å². The Morgan fingerprint density at radius 3 is 2.67 bits per heavy atom. The van der Waals surface area contributed by atoms with Gasteiger partial charge in [0.15, 0.2) is 0 Å².